The molecule has 1 N–H and O–H groups in total. The Morgan fingerprint density at radius 2 is 1.87 bits per heavy atom. The van der Waals surface area contributed by atoms with Crippen molar-refractivity contribution in [2.24, 2.45) is 0 Å². The minimum atomic E-state index is -3.03. The summed E-state index contributed by atoms with van der Waals surface area (Å²) >= 11 is 0. The summed E-state index contributed by atoms with van der Waals surface area (Å²) in [6, 6.07) is 9.98. The van der Waals surface area contributed by atoms with Crippen molar-refractivity contribution in [1.82, 2.24) is 19.6 Å². The van der Waals surface area contributed by atoms with E-state index in [2.05, 4.69) is 16.1 Å². The van der Waals surface area contributed by atoms with Gasteiger partial charge in [-0.25, -0.2) is 17.9 Å². The number of aromatic nitrogens is 4. The SMILES string of the molecule is Cc1c(C(C)O)c(N2CCS(=O)(=O)CC2)nc2c(-c3cnc4ccccc4c3)cnn12. The average molecular weight is 438 g/mol. The highest BCUT2D eigenvalue weighted by Crippen LogP contribution is 2.33. The van der Waals surface area contributed by atoms with Crippen LogP contribution in [-0.2, 0) is 9.84 Å². The number of hydrogen-bond donors (Lipinski definition) is 1. The van der Waals surface area contributed by atoms with Crippen LogP contribution >= 0.6 is 0 Å². The van der Waals surface area contributed by atoms with E-state index in [-0.39, 0.29) is 11.5 Å². The van der Waals surface area contributed by atoms with Gasteiger partial charge in [-0.3, -0.25) is 4.98 Å². The van der Waals surface area contributed by atoms with Gasteiger partial charge >= 0.3 is 0 Å². The summed E-state index contributed by atoms with van der Waals surface area (Å²) < 4.78 is 25.6. The second kappa shape index (κ2) is 7.28. The van der Waals surface area contributed by atoms with E-state index in [4.69, 9.17) is 4.98 Å². The van der Waals surface area contributed by atoms with Gasteiger partial charge < -0.3 is 10.0 Å². The molecule has 4 heterocycles. The second-order valence-electron chi connectivity index (χ2n) is 7.96. The number of aryl methyl sites for hydroxylation is 1. The maximum Gasteiger partial charge on any atom is 0.165 e. The molecule has 4 aromatic rings. The minimum absolute atomic E-state index is 0.0822. The number of para-hydroxylation sites is 1. The molecule has 0 radical (unpaired) electrons. The molecule has 160 valence electrons. The Morgan fingerprint density at radius 3 is 2.61 bits per heavy atom. The van der Waals surface area contributed by atoms with Gasteiger partial charge in [-0.1, -0.05) is 18.2 Å². The van der Waals surface area contributed by atoms with Gasteiger partial charge in [-0.2, -0.15) is 5.10 Å². The van der Waals surface area contributed by atoms with Crippen LogP contribution < -0.4 is 4.90 Å². The highest BCUT2D eigenvalue weighted by molar-refractivity contribution is 7.91. The molecule has 1 unspecified atom stereocenters. The lowest BCUT2D eigenvalue weighted by molar-refractivity contribution is 0.197. The molecule has 0 bridgehead atoms. The molecule has 0 aliphatic carbocycles. The summed E-state index contributed by atoms with van der Waals surface area (Å²) in [7, 11) is -3.03. The normalized spacial score (nSPS) is 17.3. The van der Waals surface area contributed by atoms with Crippen LogP contribution in [0, 0.1) is 6.92 Å². The number of pyridine rings is 1. The molecule has 0 spiro atoms. The lowest BCUT2D eigenvalue weighted by atomic mass is 10.1. The molecule has 31 heavy (non-hydrogen) atoms. The molecule has 1 aliphatic heterocycles. The van der Waals surface area contributed by atoms with Gasteiger partial charge in [-0.05, 0) is 26.0 Å². The predicted octanol–water partition coefficient (Wildman–Crippen LogP) is 2.54. The Labute approximate surface area is 180 Å². The maximum atomic E-state index is 11.9. The smallest absolute Gasteiger partial charge is 0.165 e. The number of aliphatic hydroxyl groups excluding tert-OH is 1. The van der Waals surface area contributed by atoms with Crippen LogP contribution in [0.15, 0.2) is 42.7 Å². The van der Waals surface area contributed by atoms with Gasteiger partial charge in [0.1, 0.15) is 5.82 Å². The lowest BCUT2D eigenvalue weighted by Crippen LogP contribution is -2.41. The first-order valence-electron chi connectivity index (χ1n) is 10.2. The zero-order chi connectivity index (χ0) is 21.8. The van der Waals surface area contributed by atoms with E-state index in [1.54, 1.807) is 17.6 Å². The number of sulfone groups is 1. The van der Waals surface area contributed by atoms with Crippen LogP contribution in [0.2, 0.25) is 0 Å². The predicted molar refractivity (Wildman–Crippen MR) is 120 cm³/mol. The highest BCUT2D eigenvalue weighted by atomic mass is 32.2. The standard InChI is InChI=1S/C22H23N5O3S/c1-14-20(15(2)28)22(26-7-9-31(29,30)10-8-26)25-21-18(13-24-27(14)21)17-11-16-5-3-4-6-19(16)23-12-17/h3-6,11-13,15,28H,7-10H2,1-2H3. The summed E-state index contributed by atoms with van der Waals surface area (Å²) in [5.74, 6) is 0.781. The van der Waals surface area contributed by atoms with E-state index in [9.17, 15) is 13.5 Å². The fourth-order valence-electron chi connectivity index (χ4n) is 4.21. The van der Waals surface area contributed by atoms with Crippen molar-refractivity contribution in [2.45, 2.75) is 20.0 Å². The molecule has 9 heteroatoms. The number of benzene rings is 1. The molecular weight excluding hydrogens is 414 g/mol. The average Bonchev–Trinajstić information content (AvgIpc) is 3.17. The fraction of sp³-hybridized carbons (Fsp3) is 0.318. The van der Waals surface area contributed by atoms with Gasteiger partial charge in [0.2, 0.25) is 0 Å². The molecule has 1 aliphatic rings. The first kappa shape index (κ1) is 19.9. The quantitative estimate of drug-likeness (QED) is 0.526. The molecule has 0 saturated carbocycles. The molecule has 5 rings (SSSR count). The van der Waals surface area contributed by atoms with Gasteiger partial charge in [-0.15, -0.1) is 0 Å². The van der Waals surface area contributed by atoms with Crippen LogP contribution in [-0.4, -0.2) is 57.7 Å². The summed E-state index contributed by atoms with van der Waals surface area (Å²) in [6.07, 6.45) is 2.81. The van der Waals surface area contributed by atoms with Crippen molar-refractivity contribution >= 4 is 32.2 Å². The van der Waals surface area contributed by atoms with Crippen molar-refractivity contribution in [3.63, 3.8) is 0 Å². The van der Waals surface area contributed by atoms with Crippen molar-refractivity contribution in [3.05, 3.63) is 54.0 Å². The molecule has 3 aromatic heterocycles. The van der Waals surface area contributed by atoms with Crippen molar-refractivity contribution < 1.29 is 13.5 Å². The fourth-order valence-corrected chi connectivity index (χ4v) is 5.41. The number of fused-ring (bicyclic) bond motifs is 2. The third kappa shape index (κ3) is 3.43. The first-order chi connectivity index (χ1) is 14.8. The lowest BCUT2D eigenvalue weighted by Gasteiger charge is -2.30. The largest absolute Gasteiger partial charge is 0.388 e. The Hall–Kier alpha value is -3.04. The van der Waals surface area contributed by atoms with Crippen LogP contribution in [0.1, 0.15) is 24.3 Å². The van der Waals surface area contributed by atoms with Crippen LogP contribution in [0.3, 0.4) is 0 Å². The zero-order valence-electron chi connectivity index (χ0n) is 17.4. The summed E-state index contributed by atoms with van der Waals surface area (Å²) in [5, 5.41) is 16.0. The van der Waals surface area contributed by atoms with Crippen molar-refractivity contribution in [2.75, 3.05) is 29.5 Å². The van der Waals surface area contributed by atoms with Crippen molar-refractivity contribution in [3.8, 4) is 11.1 Å². The second-order valence-corrected chi connectivity index (χ2v) is 10.3. The third-order valence-corrected chi connectivity index (χ3v) is 7.48. The zero-order valence-corrected chi connectivity index (χ0v) is 18.2. The summed E-state index contributed by atoms with van der Waals surface area (Å²) in [5.41, 5.74) is 4.75. The summed E-state index contributed by atoms with van der Waals surface area (Å²) in [6.45, 7) is 4.30. The van der Waals surface area contributed by atoms with Crippen LogP contribution in [0.5, 0.6) is 0 Å². The van der Waals surface area contributed by atoms with Gasteiger partial charge in [0.25, 0.3) is 0 Å². The van der Waals surface area contributed by atoms with Crippen LogP contribution in [0.4, 0.5) is 5.82 Å². The number of aliphatic hydroxyl groups is 1. The third-order valence-electron chi connectivity index (χ3n) is 5.87. The van der Waals surface area contributed by atoms with Crippen molar-refractivity contribution in [1.29, 1.82) is 0 Å². The molecule has 0 amide bonds. The maximum absolute atomic E-state index is 11.9. The van der Waals surface area contributed by atoms with E-state index in [1.165, 1.54) is 0 Å². The van der Waals surface area contributed by atoms with E-state index >= 15 is 0 Å². The van der Waals surface area contributed by atoms with E-state index < -0.39 is 15.9 Å². The molecule has 8 nitrogen and oxygen atoms in total. The highest BCUT2D eigenvalue weighted by Gasteiger charge is 2.28. The number of nitrogens with zero attached hydrogens (tertiary/aromatic N) is 5. The topological polar surface area (TPSA) is 101 Å². The molecule has 1 fully saturated rings. The Bertz CT molecular complexity index is 1400. The van der Waals surface area contributed by atoms with E-state index in [1.807, 2.05) is 42.3 Å². The monoisotopic (exact) mass is 437 g/mol. The Balaban J connectivity index is 1.69. The molecule has 1 saturated heterocycles. The van der Waals surface area contributed by atoms with Gasteiger partial charge in [0.15, 0.2) is 15.5 Å². The summed E-state index contributed by atoms with van der Waals surface area (Å²) in [4.78, 5) is 11.4. The first-order valence-corrected chi connectivity index (χ1v) is 12.0. The minimum Gasteiger partial charge on any atom is -0.388 e. The molecular formula is C22H23N5O3S. The molecule has 1 aromatic carbocycles. The van der Waals surface area contributed by atoms with Gasteiger partial charge in [0.05, 0.1) is 35.0 Å². The number of hydrogen-bond acceptors (Lipinski definition) is 7. The van der Waals surface area contributed by atoms with Gasteiger partial charge in [0, 0.05) is 41.4 Å². The Kier molecular flexibility index (Phi) is 4.67. The van der Waals surface area contributed by atoms with E-state index in [0.29, 0.717) is 30.1 Å². The van der Waals surface area contributed by atoms with E-state index in [0.717, 1.165) is 27.7 Å². The van der Waals surface area contributed by atoms with Crippen LogP contribution in [0.25, 0.3) is 27.7 Å². The number of rotatable bonds is 3. The number of anilines is 1. The Morgan fingerprint density at radius 1 is 1.13 bits per heavy atom. The molecule has 1 atom stereocenters.